The molecule has 0 atom stereocenters. The maximum Gasteiger partial charge on any atom is 0.251 e. The van der Waals surface area contributed by atoms with E-state index < -0.39 is 38.5 Å². The van der Waals surface area contributed by atoms with Crippen LogP contribution in [0, 0.1) is 6.85 Å². The van der Waals surface area contributed by atoms with Gasteiger partial charge in [0.25, 0.3) is 5.78 Å². The number of pyridine rings is 1. The van der Waals surface area contributed by atoms with Gasteiger partial charge in [-0.05, 0) is 30.1 Å². The molecule has 0 radical (unpaired) electrons. The molecule has 0 saturated carbocycles. The monoisotopic (exact) mass is 355 g/mol. The molecule has 0 amide bonds. The summed E-state index contributed by atoms with van der Waals surface area (Å²) >= 11 is 0. The van der Waals surface area contributed by atoms with Gasteiger partial charge < -0.3 is 0 Å². The van der Waals surface area contributed by atoms with E-state index in [0.717, 1.165) is 6.20 Å². The second-order valence-electron chi connectivity index (χ2n) is 5.75. The third-order valence-electron chi connectivity index (χ3n) is 3.91. The first-order valence-corrected chi connectivity index (χ1v) is 7.66. The number of fused-ring (bicyclic) bond motifs is 1. The van der Waals surface area contributed by atoms with Crippen LogP contribution in [0.2, 0.25) is 0 Å². The lowest BCUT2D eigenvalue weighted by atomic mass is 9.93. The zero-order valence-corrected chi connectivity index (χ0v) is 13.4. The van der Waals surface area contributed by atoms with Crippen molar-refractivity contribution in [2.24, 2.45) is 0 Å². The Morgan fingerprint density at radius 2 is 1.92 bits per heavy atom. The molecule has 0 aliphatic heterocycles. The quantitative estimate of drug-likeness (QED) is 0.533. The Morgan fingerprint density at radius 1 is 1.04 bits per heavy atom. The highest BCUT2D eigenvalue weighted by Gasteiger charge is 2.18. The van der Waals surface area contributed by atoms with Crippen LogP contribution in [-0.2, 0) is 5.41 Å². The predicted octanol–water partition coefficient (Wildman–Crippen LogP) is 4.46. The number of imidazole rings is 1. The van der Waals surface area contributed by atoms with Crippen LogP contribution in [0.25, 0.3) is 28.2 Å². The SMILES string of the molecule is [2H]C([2H])([2H])c1ccncc1-c1cccc(-c2cnc3nc(C(C([2H])([2H])[2H])(C([2H])([2H])[2H])C([2H])([2H])[2H])cnn23)c1. The van der Waals surface area contributed by atoms with Gasteiger partial charge in [0.2, 0.25) is 0 Å². The van der Waals surface area contributed by atoms with Crippen molar-refractivity contribution in [2.45, 2.75) is 32.8 Å². The van der Waals surface area contributed by atoms with E-state index in [4.69, 9.17) is 16.4 Å². The van der Waals surface area contributed by atoms with E-state index in [1.54, 1.807) is 24.3 Å². The largest absolute Gasteiger partial charge is 0.264 e. The molecule has 4 aromatic rings. The molecular formula is C21H21N5. The van der Waals surface area contributed by atoms with Crippen molar-refractivity contribution in [1.29, 1.82) is 0 Å². The molecule has 0 aliphatic carbocycles. The predicted molar refractivity (Wildman–Crippen MR) is 103 cm³/mol. The average Bonchev–Trinajstić information content (AvgIpc) is 3.19. The van der Waals surface area contributed by atoms with Crippen LogP contribution < -0.4 is 0 Å². The summed E-state index contributed by atoms with van der Waals surface area (Å²) in [6.07, 6.45) is 5.01. The second-order valence-corrected chi connectivity index (χ2v) is 5.75. The molecule has 0 aliphatic rings. The summed E-state index contributed by atoms with van der Waals surface area (Å²) in [5.41, 5.74) is -2.11. The fourth-order valence-electron chi connectivity index (χ4n) is 2.62. The third-order valence-corrected chi connectivity index (χ3v) is 3.91. The van der Waals surface area contributed by atoms with Crippen LogP contribution in [0.5, 0.6) is 0 Å². The first-order valence-electron chi connectivity index (χ1n) is 13.7. The summed E-state index contributed by atoms with van der Waals surface area (Å²) in [5.74, 6) is -0.213. The van der Waals surface area contributed by atoms with Gasteiger partial charge in [-0.15, -0.1) is 0 Å². The van der Waals surface area contributed by atoms with Gasteiger partial charge in [-0.25, -0.2) is 9.97 Å². The minimum atomic E-state index is -3.48. The maximum absolute atomic E-state index is 7.87. The number of aryl methyl sites for hydroxylation is 1. The lowest BCUT2D eigenvalue weighted by Gasteiger charge is -2.16. The zero-order valence-electron chi connectivity index (χ0n) is 25.4. The summed E-state index contributed by atoms with van der Waals surface area (Å²) in [6, 6.07) is 8.20. The van der Waals surface area contributed by atoms with Gasteiger partial charge >= 0.3 is 0 Å². The number of rotatable bonds is 2. The molecule has 130 valence electrons. The van der Waals surface area contributed by atoms with Crippen LogP contribution in [0.4, 0.5) is 0 Å². The van der Waals surface area contributed by atoms with Crippen molar-refractivity contribution >= 4 is 5.78 Å². The van der Waals surface area contributed by atoms with Crippen molar-refractivity contribution < 1.29 is 16.4 Å². The molecule has 3 aromatic heterocycles. The van der Waals surface area contributed by atoms with E-state index in [1.807, 2.05) is 0 Å². The third kappa shape index (κ3) is 2.86. The second kappa shape index (κ2) is 6.02. The van der Waals surface area contributed by atoms with Crippen molar-refractivity contribution in [3.05, 3.63) is 66.4 Å². The average molecular weight is 356 g/mol. The number of hydrogen-bond acceptors (Lipinski definition) is 4. The molecule has 0 bridgehead atoms. The van der Waals surface area contributed by atoms with Crippen molar-refractivity contribution in [3.63, 3.8) is 0 Å². The Balaban J connectivity index is 1.88. The molecule has 0 fully saturated rings. The molecule has 0 N–H and O–H groups in total. The molecular weight excluding hydrogens is 322 g/mol. The first-order chi connectivity index (χ1) is 17.4. The van der Waals surface area contributed by atoms with Crippen LogP contribution in [0.1, 0.15) is 48.3 Å². The first kappa shape index (κ1) is 7.66. The lowest BCUT2D eigenvalue weighted by Crippen LogP contribution is -2.15. The highest BCUT2D eigenvalue weighted by molar-refractivity contribution is 5.73. The molecule has 3 heterocycles. The Hall–Kier alpha value is -3.08. The van der Waals surface area contributed by atoms with Gasteiger partial charge in [0.15, 0.2) is 0 Å². The van der Waals surface area contributed by atoms with Gasteiger partial charge in [-0.3, -0.25) is 4.98 Å². The molecule has 1 aromatic carbocycles. The fourth-order valence-corrected chi connectivity index (χ4v) is 2.62. The molecule has 26 heavy (non-hydrogen) atoms. The molecule has 0 saturated heterocycles. The van der Waals surface area contributed by atoms with Crippen LogP contribution >= 0.6 is 0 Å². The smallest absolute Gasteiger partial charge is 0.251 e. The summed E-state index contributed by atoms with van der Waals surface area (Å²) < 4.78 is 95.5. The Labute approximate surface area is 169 Å². The minimum absolute atomic E-state index is 0.113. The van der Waals surface area contributed by atoms with E-state index in [9.17, 15) is 0 Å². The maximum atomic E-state index is 7.87. The van der Waals surface area contributed by atoms with E-state index in [-0.39, 0.29) is 11.3 Å². The summed E-state index contributed by atoms with van der Waals surface area (Å²) in [6.45, 7) is -12.8. The minimum Gasteiger partial charge on any atom is -0.264 e. The molecule has 5 nitrogen and oxygen atoms in total. The molecule has 0 unspecified atom stereocenters. The zero-order chi connectivity index (χ0) is 28.3. The van der Waals surface area contributed by atoms with E-state index in [2.05, 4.69) is 20.1 Å². The topological polar surface area (TPSA) is 56.0 Å². The molecule has 0 spiro atoms. The van der Waals surface area contributed by atoms with E-state index in [0.29, 0.717) is 22.4 Å². The fraction of sp³-hybridized carbons (Fsp3) is 0.238. The lowest BCUT2D eigenvalue weighted by molar-refractivity contribution is 0.562. The summed E-state index contributed by atoms with van der Waals surface area (Å²) in [4.78, 5) is 12.2. The number of hydrogen-bond donors (Lipinski definition) is 0. The van der Waals surface area contributed by atoms with Crippen LogP contribution in [-0.4, -0.2) is 24.6 Å². The van der Waals surface area contributed by atoms with Gasteiger partial charge in [0.1, 0.15) is 0 Å². The number of aromatic nitrogens is 5. The van der Waals surface area contributed by atoms with Gasteiger partial charge in [-0.2, -0.15) is 9.61 Å². The number of nitrogens with zero attached hydrogens (tertiary/aromatic N) is 5. The standard InChI is InChI=1S/C21H21N5/c1-14-8-9-22-11-17(14)15-6-5-7-16(10-15)18-12-23-20-25-19(21(2,3)4)13-24-26(18)20/h5-13H,1-4H3/i1D3,2D3,3D3,4D3. The van der Waals surface area contributed by atoms with Gasteiger partial charge in [0, 0.05) is 45.4 Å². The summed E-state index contributed by atoms with van der Waals surface area (Å²) in [7, 11) is 0. The Kier molecular flexibility index (Phi) is 1.77. The van der Waals surface area contributed by atoms with Gasteiger partial charge in [-0.1, -0.05) is 38.8 Å². The van der Waals surface area contributed by atoms with E-state index in [1.165, 1.54) is 29.2 Å². The van der Waals surface area contributed by atoms with Crippen LogP contribution in [0.15, 0.2) is 55.1 Å². The van der Waals surface area contributed by atoms with Crippen molar-refractivity contribution in [2.75, 3.05) is 0 Å². The Bertz CT molecular complexity index is 1440. The van der Waals surface area contributed by atoms with Crippen molar-refractivity contribution in [3.8, 4) is 22.4 Å². The van der Waals surface area contributed by atoms with Gasteiger partial charge in [0.05, 0.1) is 23.8 Å². The van der Waals surface area contributed by atoms with Crippen LogP contribution in [0.3, 0.4) is 0 Å². The highest BCUT2D eigenvalue weighted by atomic mass is 15.3. The molecule has 4 rings (SSSR count). The Morgan fingerprint density at radius 3 is 2.77 bits per heavy atom. The number of benzene rings is 1. The molecule has 5 heteroatoms. The van der Waals surface area contributed by atoms with Crippen molar-refractivity contribution in [1.82, 2.24) is 24.6 Å². The normalized spacial score (nSPS) is 20.6. The van der Waals surface area contributed by atoms with E-state index >= 15 is 0 Å². The summed E-state index contributed by atoms with van der Waals surface area (Å²) in [5, 5.41) is 4.12. The highest BCUT2D eigenvalue weighted by Crippen LogP contribution is 2.28.